The maximum absolute atomic E-state index is 4.93. The summed E-state index contributed by atoms with van der Waals surface area (Å²) in [4.78, 5) is 1.92. The summed E-state index contributed by atoms with van der Waals surface area (Å²) in [6, 6.07) is 0. The monoisotopic (exact) mass is 179 g/mol. The number of hydrogen-bond donors (Lipinski definition) is 0. The van der Waals surface area contributed by atoms with Crippen molar-refractivity contribution in [3.8, 4) is 0 Å². The summed E-state index contributed by atoms with van der Waals surface area (Å²) in [6.07, 6.45) is 10.00. The molecule has 0 unspecified atom stereocenters. The SMILES string of the molecule is CCC=CN(C)C=Cc1nnco1. The lowest BCUT2D eigenvalue weighted by molar-refractivity contribution is 0.539. The van der Waals surface area contributed by atoms with Crippen LogP contribution in [-0.4, -0.2) is 22.1 Å². The summed E-state index contributed by atoms with van der Waals surface area (Å²) >= 11 is 0. The Hall–Kier alpha value is -1.58. The lowest BCUT2D eigenvalue weighted by atomic mass is 10.4. The average Bonchev–Trinajstić information content (AvgIpc) is 2.64. The van der Waals surface area contributed by atoms with Crippen LogP contribution in [0.2, 0.25) is 0 Å². The molecule has 0 aliphatic rings. The van der Waals surface area contributed by atoms with Crippen LogP contribution in [-0.2, 0) is 0 Å². The molecule has 4 nitrogen and oxygen atoms in total. The second kappa shape index (κ2) is 5.13. The van der Waals surface area contributed by atoms with Crippen molar-refractivity contribution in [2.24, 2.45) is 0 Å². The summed E-state index contributed by atoms with van der Waals surface area (Å²) in [7, 11) is 1.94. The molecular formula is C9H13N3O. The predicted molar refractivity (Wildman–Crippen MR) is 50.5 cm³/mol. The van der Waals surface area contributed by atoms with Crippen LogP contribution in [0.15, 0.2) is 29.3 Å². The molecule has 0 N–H and O–H groups in total. The van der Waals surface area contributed by atoms with Crippen LogP contribution in [0.5, 0.6) is 0 Å². The van der Waals surface area contributed by atoms with Gasteiger partial charge in [-0.1, -0.05) is 13.0 Å². The Morgan fingerprint density at radius 2 is 2.38 bits per heavy atom. The second-order valence-electron chi connectivity index (χ2n) is 2.55. The molecule has 70 valence electrons. The first-order valence-electron chi connectivity index (χ1n) is 4.16. The van der Waals surface area contributed by atoms with E-state index in [4.69, 9.17) is 4.42 Å². The molecule has 4 heteroatoms. The summed E-state index contributed by atoms with van der Waals surface area (Å²) in [5, 5.41) is 7.27. The van der Waals surface area contributed by atoms with Gasteiger partial charge in [-0.05, 0) is 12.6 Å². The quantitative estimate of drug-likeness (QED) is 0.707. The van der Waals surface area contributed by atoms with Gasteiger partial charge in [0.1, 0.15) is 0 Å². The van der Waals surface area contributed by atoms with E-state index in [0.717, 1.165) is 6.42 Å². The molecule has 0 saturated heterocycles. The Morgan fingerprint density at radius 1 is 1.54 bits per heavy atom. The van der Waals surface area contributed by atoms with Crippen LogP contribution < -0.4 is 0 Å². The smallest absolute Gasteiger partial charge is 0.241 e. The zero-order chi connectivity index (χ0) is 9.52. The number of hydrogen-bond acceptors (Lipinski definition) is 4. The van der Waals surface area contributed by atoms with Crippen LogP contribution in [0.25, 0.3) is 6.08 Å². The van der Waals surface area contributed by atoms with Crippen LogP contribution in [0, 0.1) is 0 Å². The standard InChI is InChI=1S/C9H13N3O/c1-3-4-6-12(2)7-5-9-11-10-8-13-9/h4-8H,3H2,1-2H3. The third kappa shape index (κ3) is 3.55. The van der Waals surface area contributed by atoms with Crippen LogP contribution in [0.4, 0.5) is 0 Å². The van der Waals surface area contributed by atoms with Crippen molar-refractivity contribution in [1.82, 2.24) is 15.1 Å². The van der Waals surface area contributed by atoms with Crippen molar-refractivity contribution in [1.29, 1.82) is 0 Å². The molecule has 1 heterocycles. The van der Waals surface area contributed by atoms with Gasteiger partial charge in [-0.3, -0.25) is 0 Å². The van der Waals surface area contributed by atoms with Gasteiger partial charge in [-0.25, -0.2) is 0 Å². The summed E-state index contributed by atoms with van der Waals surface area (Å²) in [5.41, 5.74) is 0. The maximum atomic E-state index is 4.93. The van der Waals surface area contributed by atoms with Crippen LogP contribution >= 0.6 is 0 Å². The zero-order valence-corrected chi connectivity index (χ0v) is 7.84. The van der Waals surface area contributed by atoms with E-state index >= 15 is 0 Å². The molecule has 0 fully saturated rings. The normalized spacial score (nSPS) is 11.5. The van der Waals surface area contributed by atoms with Gasteiger partial charge in [0, 0.05) is 19.3 Å². The Labute approximate surface area is 77.6 Å². The van der Waals surface area contributed by atoms with Gasteiger partial charge in [-0.15, -0.1) is 10.2 Å². The topological polar surface area (TPSA) is 42.2 Å². The molecular weight excluding hydrogens is 166 g/mol. The highest BCUT2D eigenvalue weighted by atomic mass is 16.4. The molecule has 0 aliphatic carbocycles. The molecule has 1 aromatic heterocycles. The minimum Gasteiger partial charge on any atom is -0.424 e. The van der Waals surface area contributed by atoms with Crippen molar-refractivity contribution in [3.05, 3.63) is 30.8 Å². The molecule has 0 spiro atoms. The van der Waals surface area contributed by atoms with Gasteiger partial charge in [-0.2, -0.15) is 0 Å². The largest absolute Gasteiger partial charge is 0.424 e. The molecule has 13 heavy (non-hydrogen) atoms. The zero-order valence-electron chi connectivity index (χ0n) is 7.84. The Kier molecular flexibility index (Phi) is 3.75. The summed E-state index contributed by atoms with van der Waals surface area (Å²) in [5.74, 6) is 0.511. The fourth-order valence-electron chi connectivity index (χ4n) is 0.757. The van der Waals surface area contributed by atoms with Crippen molar-refractivity contribution in [2.45, 2.75) is 13.3 Å². The molecule has 0 aliphatic heterocycles. The molecule has 1 rings (SSSR count). The van der Waals surface area contributed by atoms with Crippen LogP contribution in [0.1, 0.15) is 19.2 Å². The number of aromatic nitrogens is 2. The van der Waals surface area contributed by atoms with Crippen molar-refractivity contribution >= 4 is 6.08 Å². The van der Waals surface area contributed by atoms with E-state index in [1.165, 1.54) is 6.39 Å². The van der Waals surface area contributed by atoms with E-state index < -0.39 is 0 Å². The van der Waals surface area contributed by atoms with Gasteiger partial charge in [0.15, 0.2) is 0 Å². The number of allylic oxidation sites excluding steroid dienone is 1. The average molecular weight is 179 g/mol. The first-order valence-corrected chi connectivity index (χ1v) is 4.16. The molecule has 0 bridgehead atoms. The number of nitrogens with zero attached hydrogens (tertiary/aromatic N) is 3. The lowest BCUT2D eigenvalue weighted by Crippen LogP contribution is -1.98. The van der Waals surface area contributed by atoms with E-state index in [2.05, 4.69) is 23.2 Å². The summed E-state index contributed by atoms with van der Waals surface area (Å²) < 4.78 is 4.93. The minimum absolute atomic E-state index is 0.511. The minimum atomic E-state index is 0.511. The highest BCUT2D eigenvalue weighted by molar-refractivity contribution is 5.36. The Balaban J connectivity index is 2.44. The van der Waals surface area contributed by atoms with Gasteiger partial charge in [0.25, 0.3) is 0 Å². The fraction of sp³-hybridized carbons (Fsp3) is 0.333. The predicted octanol–water partition coefficient (Wildman–Crippen LogP) is 1.90. The lowest BCUT2D eigenvalue weighted by Gasteiger charge is -2.04. The first-order chi connectivity index (χ1) is 6.33. The molecule has 0 amide bonds. The Morgan fingerprint density at radius 3 is 3.00 bits per heavy atom. The molecule has 0 radical (unpaired) electrons. The molecule has 0 aromatic carbocycles. The van der Waals surface area contributed by atoms with Crippen LogP contribution in [0.3, 0.4) is 0 Å². The van der Waals surface area contributed by atoms with Crippen molar-refractivity contribution < 1.29 is 4.42 Å². The van der Waals surface area contributed by atoms with Gasteiger partial charge in [0.05, 0.1) is 0 Å². The molecule has 0 saturated carbocycles. The second-order valence-corrected chi connectivity index (χ2v) is 2.55. The number of rotatable bonds is 4. The highest BCUT2D eigenvalue weighted by Crippen LogP contribution is 1.97. The van der Waals surface area contributed by atoms with Crippen molar-refractivity contribution in [3.63, 3.8) is 0 Å². The van der Waals surface area contributed by atoms with E-state index in [0.29, 0.717) is 5.89 Å². The molecule has 1 aromatic rings. The van der Waals surface area contributed by atoms with Gasteiger partial charge >= 0.3 is 0 Å². The third-order valence-corrected chi connectivity index (χ3v) is 1.41. The highest BCUT2D eigenvalue weighted by Gasteiger charge is 1.90. The van der Waals surface area contributed by atoms with Gasteiger partial charge in [0.2, 0.25) is 12.3 Å². The van der Waals surface area contributed by atoms with Crippen molar-refractivity contribution in [2.75, 3.05) is 7.05 Å². The van der Waals surface area contributed by atoms with Gasteiger partial charge < -0.3 is 9.32 Å². The maximum Gasteiger partial charge on any atom is 0.241 e. The first kappa shape index (κ1) is 9.51. The third-order valence-electron chi connectivity index (χ3n) is 1.41. The van der Waals surface area contributed by atoms with E-state index in [-0.39, 0.29) is 0 Å². The summed E-state index contributed by atoms with van der Waals surface area (Å²) in [6.45, 7) is 2.09. The molecule has 0 atom stereocenters. The fourth-order valence-corrected chi connectivity index (χ4v) is 0.757. The Bertz CT molecular complexity index is 277. The van der Waals surface area contributed by atoms with E-state index in [1.54, 1.807) is 6.08 Å². The van der Waals surface area contributed by atoms with E-state index in [1.807, 2.05) is 24.3 Å². The van der Waals surface area contributed by atoms with E-state index in [9.17, 15) is 0 Å².